The van der Waals surface area contributed by atoms with Crippen molar-refractivity contribution in [2.75, 3.05) is 5.32 Å². The molecule has 0 aliphatic heterocycles. The van der Waals surface area contributed by atoms with Crippen molar-refractivity contribution in [3.8, 4) is 0 Å². The van der Waals surface area contributed by atoms with Crippen molar-refractivity contribution in [2.24, 2.45) is 0 Å². The molecule has 2 aromatic rings. The second-order valence-electron chi connectivity index (χ2n) is 5.05. The Bertz CT molecular complexity index is 645. The van der Waals surface area contributed by atoms with E-state index in [-0.39, 0.29) is 12.2 Å². The summed E-state index contributed by atoms with van der Waals surface area (Å²) in [5.41, 5.74) is 0.0232. The molecule has 2 aromatic carbocycles. The number of halogens is 2. The molecule has 0 aliphatic rings. The maximum atomic E-state index is 12.9. The second-order valence-corrected chi connectivity index (χ2v) is 5.45. The Morgan fingerprint density at radius 2 is 1.86 bits per heavy atom. The van der Waals surface area contributed by atoms with E-state index in [1.807, 2.05) is 0 Å². The maximum Gasteiger partial charge on any atom is 0.329 e. The Kier molecular flexibility index (Phi) is 4.48. The van der Waals surface area contributed by atoms with Gasteiger partial charge in [-0.1, -0.05) is 35.9 Å². The van der Waals surface area contributed by atoms with Crippen molar-refractivity contribution < 1.29 is 14.3 Å². The highest BCUT2D eigenvalue weighted by molar-refractivity contribution is 6.33. The Hall–Kier alpha value is -2.07. The molecule has 0 saturated heterocycles. The molecule has 0 aromatic heterocycles. The van der Waals surface area contributed by atoms with Crippen LogP contribution in [0.15, 0.2) is 48.5 Å². The fourth-order valence-corrected chi connectivity index (χ4v) is 2.23. The highest BCUT2D eigenvalue weighted by Gasteiger charge is 2.33. The fraction of sp³-hybridized carbons (Fsp3) is 0.188. The summed E-state index contributed by atoms with van der Waals surface area (Å²) in [6, 6.07) is 12.7. The molecular weight excluding hydrogens is 293 g/mol. The number of carboxylic acid groups (broad SMARTS) is 1. The van der Waals surface area contributed by atoms with Gasteiger partial charge >= 0.3 is 5.97 Å². The molecule has 0 amide bonds. The van der Waals surface area contributed by atoms with Crippen molar-refractivity contribution in [3.63, 3.8) is 0 Å². The number of benzene rings is 2. The summed E-state index contributed by atoms with van der Waals surface area (Å²) in [5.74, 6) is -1.36. The lowest BCUT2D eigenvalue weighted by Gasteiger charge is -2.28. The summed E-state index contributed by atoms with van der Waals surface area (Å²) in [4.78, 5) is 11.6. The molecule has 1 unspecified atom stereocenters. The van der Waals surface area contributed by atoms with Gasteiger partial charge in [0.2, 0.25) is 0 Å². The first-order valence-electron chi connectivity index (χ1n) is 6.41. The molecule has 0 saturated carbocycles. The molecule has 0 spiro atoms. The van der Waals surface area contributed by atoms with Crippen LogP contribution < -0.4 is 5.32 Å². The van der Waals surface area contributed by atoms with E-state index in [1.165, 1.54) is 12.1 Å². The number of anilines is 1. The molecule has 1 atom stereocenters. The van der Waals surface area contributed by atoms with Crippen LogP contribution in [0.5, 0.6) is 0 Å². The summed E-state index contributed by atoms with van der Waals surface area (Å²) in [6.07, 6.45) is 0.202. The first-order valence-corrected chi connectivity index (χ1v) is 6.79. The Morgan fingerprint density at radius 3 is 2.43 bits per heavy atom. The van der Waals surface area contributed by atoms with E-state index >= 15 is 0 Å². The SMILES string of the molecule is CC(Cc1ccc(F)cc1)(Nc1ccccc1Cl)C(=O)O. The van der Waals surface area contributed by atoms with Crippen LogP contribution in [0.25, 0.3) is 0 Å². The molecule has 0 bridgehead atoms. The molecule has 2 rings (SSSR count). The first kappa shape index (κ1) is 15.3. The van der Waals surface area contributed by atoms with Crippen molar-refractivity contribution in [1.82, 2.24) is 0 Å². The number of hydrogen-bond donors (Lipinski definition) is 2. The maximum absolute atomic E-state index is 12.9. The van der Waals surface area contributed by atoms with Crippen LogP contribution in [0.3, 0.4) is 0 Å². The minimum absolute atomic E-state index is 0.202. The molecule has 110 valence electrons. The van der Waals surface area contributed by atoms with Crippen LogP contribution in [0.1, 0.15) is 12.5 Å². The van der Waals surface area contributed by atoms with Gasteiger partial charge in [-0.05, 0) is 36.8 Å². The standard InChI is InChI=1S/C16H15ClFNO2/c1-16(15(20)21,10-11-6-8-12(18)9-7-11)19-14-5-3-2-4-13(14)17/h2-9,19H,10H2,1H3,(H,20,21). The third-order valence-corrected chi connectivity index (χ3v) is 3.56. The highest BCUT2D eigenvalue weighted by atomic mass is 35.5. The fourth-order valence-electron chi connectivity index (χ4n) is 2.04. The van der Waals surface area contributed by atoms with Gasteiger partial charge in [-0.2, -0.15) is 0 Å². The van der Waals surface area contributed by atoms with E-state index in [4.69, 9.17) is 11.6 Å². The van der Waals surface area contributed by atoms with E-state index in [1.54, 1.807) is 43.3 Å². The van der Waals surface area contributed by atoms with E-state index in [0.717, 1.165) is 5.56 Å². The van der Waals surface area contributed by atoms with Gasteiger partial charge in [0, 0.05) is 6.42 Å². The zero-order chi connectivity index (χ0) is 15.5. The van der Waals surface area contributed by atoms with Crippen molar-refractivity contribution in [1.29, 1.82) is 0 Å². The van der Waals surface area contributed by atoms with E-state index in [0.29, 0.717) is 10.7 Å². The number of carboxylic acids is 1. The van der Waals surface area contributed by atoms with Gasteiger partial charge in [-0.15, -0.1) is 0 Å². The molecular formula is C16H15ClFNO2. The van der Waals surface area contributed by atoms with Crippen molar-refractivity contribution in [3.05, 3.63) is 64.9 Å². The molecule has 0 fully saturated rings. The van der Waals surface area contributed by atoms with Crippen LogP contribution in [0, 0.1) is 5.82 Å². The summed E-state index contributed by atoms with van der Waals surface area (Å²) in [6.45, 7) is 1.57. The van der Waals surface area contributed by atoms with Gasteiger partial charge in [0.15, 0.2) is 0 Å². The van der Waals surface area contributed by atoms with Crippen LogP contribution in [0.2, 0.25) is 5.02 Å². The Balaban J connectivity index is 2.26. The topological polar surface area (TPSA) is 49.3 Å². The lowest BCUT2D eigenvalue weighted by atomic mass is 9.92. The normalized spacial score (nSPS) is 13.5. The molecule has 5 heteroatoms. The number of rotatable bonds is 5. The van der Waals surface area contributed by atoms with E-state index in [9.17, 15) is 14.3 Å². The molecule has 2 N–H and O–H groups in total. The van der Waals surface area contributed by atoms with E-state index < -0.39 is 11.5 Å². The zero-order valence-corrected chi connectivity index (χ0v) is 12.2. The number of aliphatic carboxylic acids is 1. The third-order valence-electron chi connectivity index (χ3n) is 3.23. The highest BCUT2D eigenvalue weighted by Crippen LogP contribution is 2.26. The third kappa shape index (κ3) is 3.73. The quantitative estimate of drug-likeness (QED) is 0.878. The number of hydrogen-bond acceptors (Lipinski definition) is 2. The largest absolute Gasteiger partial charge is 0.480 e. The van der Waals surface area contributed by atoms with Crippen LogP contribution in [-0.2, 0) is 11.2 Å². The molecule has 0 aliphatic carbocycles. The van der Waals surface area contributed by atoms with Gasteiger partial charge in [0.1, 0.15) is 11.4 Å². The minimum atomic E-state index is -1.25. The lowest BCUT2D eigenvalue weighted by molar-refractivity contribution is -0.141. The predicted molar refractivity (Wildman–Crippen MR) is 81.2 cm³/mol. The predicted octanol–water partition coefficient (Wildman–Crippen LogP) is 3.98. The van der Waals surface area contributed by atoms with E-state index in [2.05, 4.69) is 5.32 Å². The summed E-state index contributed by atoms with van der Waals surface area (Å²) < 4.78 is 12.9. The number of nitrogens with one attached hydrogen (secondary N) is 1. The number of para-hydroxylation sites is 1. The molecule has 0 heterocycles. The monoisotopic (exact) mass is 307 g/mol. The summed E-state index contributed by atoms with van der Waals surface area (Å²) in [5, 5.41) is 12.9. The summed E-state index contributed by atoms with van der Waals surface area (Å²) in [7, 11) is 0. The van der Waals surface area contributed by atoms with Crippen LogP contribution >= 0.6 is 11.6 Å². The van der Waals surface area contributed by atoms with Crippen LogP contribution in [-0.4, -0.2) is 16.6 Å². The Morgan fingerprint density at radius 1 is 1.24 bits per heavy atom. The van der Waals surface area contributed by atoms with Gasteiger partial charge in [-0.3, -0.25) is 0 Å². The zero-order valence-electron chi connectivity index (χ0n) is 11.4. The summed E-state index contributed by atoms with van der Waals surface area (Å²) >= 11 is 6.05. The van der Waals surface area contributed by atoms with Gasteiger partial charge in [0.05, 0.1) is 10.7 Å². The van der Waals surface area contributed by atoms with Crippen LogP contribution in [0.4, 0.5) is 10.1 Å². The van der Waals surface area contributed by atoms with Crippen molar-refractivity contribution in [2.45, 2.75) is 18.9 Å². The van der Waals surface area contributed by atoms with Gasteiger partial charge < -0.3 is 10.4 Å². The first-order chi connectivity index (χ1) is 9.90. The number of carbonyl (C=O) groups is 1. The lowest BCUT2D eigenvalue weighted by Crippen LogP contribution is -2.45. The molecule has 0 radical (unpaired) electrons. The second kappa shape index (κ2) is 6.14. The van der Waals surface area contributed by atoms with Gasteiger partial charge in [0.25, 0.3) is 0 Å². The average molecular weight is 308 g/mol. The minimum Gasteiger partial charge on any atom is -0.480 e. The Labute approximate surface area is 127 Å². The van der Waals surface area contributed by atoms with Crippen molar-refractivity contribution >= 4 is 23.3 Å². The smallest absolute Gasteiger partial charge is 0.329 e. The average Bonchev–Trinajstić information content (AvgIpc) is 2.44. The van der Waals surface area contributed by atoms with Gasteiger partial charge in [-0.25, -0.2) is 9.18 Å². The molecule has 21 heavy (non-hydrogen) atoms. The molecule has 3 nitrogen and oxygen atoms in total.